The molecule has 0 aliphatic rings. The average Bonchev–Trinajstić information content (AvgIpc) is 2.61. The van der Waals surface area contributed by atoms with Crippen LogP contribution in [-0.4, -0.2) is 30.7 Å². The molecule has 0 saturated heterocycles. The Balaban J connectivity index is 1.90. The largest absolute Gasteiger partial charge is 0.326 e. The zero-order valence-corrected chi connectivity index (χ0v) is 14.5. The molecule has 12 heteroatoms. The molecule has 0 unspecified atom stereocenters. The molecule has 2 N–H and O–H groups in total. The number of hydrogen-bond acceptors (Lipinski definition) is 7. The fourth-order valence-electron chi connectivity index (χ4n) is 2.05. The Hall–Kier alpha value is -3.38. The summed E-state index contributed by atoms with van der Waals surface area (Å²) < 4.78 is 26.4. The Morgan fingerprint density at radius 1 is 0.963 bits per heavy atom. The van der Waals surface area contributed by atoms with Crippen molar-refractivity contribution in [1.29, 1.82) is 0 Å². The third-order valence-corrected chi connectivity index (χ3v) is 4.82. The van der Waals surface area contributed by atoms with Crippen molar-refractivity contribution in [2.75, 3.05) is 11.9 Å². The lowest BCUT2D eigenvalue weighted by molar-refractivity contribution is -0.385. The van der Waals surface area contributed by atoms with Crippen LogP contribution in [0.1, 0.15) is 6.42 Å². The van der Waals surface area contributed by atoms with Gasteiger partial charge in [-0.05, 0) is 18.2 Å². The number of nitro benzene ring substituents is 2. The van der Waals surface area contributed by atoms with E-state index in [2.05, 4.69) is 10.0 Å². The van der Waals surface area contributed by atoms with Gasteiger partial charge < -0.3 is 5.32 Å². The highest BCUT2D eigenvalue weighted by Crippen LogP contribution is 2.17. The second-order valence-corrected chi connectivity index (χ2v) is 7.02. The van der Waals surface area contributed by atoms with E-state index in [0.29, 0.717) is 0 Å². The van der Waals surface area contributed by atoms with Crippen LogP contribution in [0.4, 0.5) is 17.1 Å². The first-order chi connectivity index (χ1) is 12.7. The van der Waals surface area contributed by atoms with Crippen LogP contribution in [0.25, 0.3) is 0 Å². The maximum atomic E-state index is 12.1. The van der Waals surface area contributed by atoms with E-state index in [4.69, 9.17) is 0 Å². The first kappa shape index (κ1) is 19.9. The van der Waals surface area contributed by atoms with Crippen LogP contribution in [0.2, 0.25) is 0 Å². The van der Waals surface area contributed by atoms with Gasteiger partial charge in [-0.25, -0.2) is 13.1 Å². The summed E-state index contributed by atoms with van der Waals surface area (Å²) in [6, 6.07) is 9.62. The monoisotopic (exact) mass is 394 g/mol. The van der Waals surface area contributed by atoms with E-state index in [0.717, 1.165) is 24.3 Å². The predicted octanol–water partition coefficient (Wildman–Crippen LogP) is 1.81. The minimum atomic E-state index is -3.93. The van der Waals surface area contributed by atoms with Crippen molar-refractivity contribution in [3.05, 3.63) is 68.8 Å². The lowest BCUT2D eigenvalue weighted by atomic mass is 10.2. The number of amides is 1. The number of nitrogens with zero attached hydrogens (tertiary/aromatic N) is 2. The van der Waals surface area contributed by atoms with Crippen LogP contribution in [0.15, 0.2) is 53.4 Å². The maximum Gasteiger partial charge on any atom is 0.271 e. The molecule has 0 saturated carbocycles. The summed E-state index contributed by atoms with van der Waals surface area (Å²) in [6.45, 7) is -0.222. The van der Waals surface area contributed by atoms with Crippen molar-refractivity contribution in [3.63, 3.8) is 0 Å². The van der Waals surface area contributed by atoms with E-state index >= 15 is 0 Å². The molecule has 0 spiro atoms. The van der Waals surface area contributed by atoms with Gasteiger partial charge in [0.1, 0.15) is 0 Å². The number of anilines is 1. The molecular formula is C15H14N4O7S. The van der Waals surface area contributed by atoms with E-state index in [1.165, 1.54) is 24.3 Å². The lowest BCUT2D eigenvalue weighted by Crippen LogP contribution is -2.27. The van der Waals surface area contributed by atoms with Crippen molar-refractivity contribution >= 4 is 33.0 Å². The molecule has 142 valence electrons. The van der Waals surface area contributed by atoms with E-state index in [-0.39, 0.29) is 34.9 Å². The van der Waals surface area contributed by atoms with Crippen molar-refractivity contribution in [2.45, 2.75) is 11.3 Å². The Morgan fingerprint density at radius 2 is 1.59 bits per heavy atom. The van der Waals surface area contributed by atoms with Gasteiger partial charge in [-0.3, -0.25) is 25.0 Å². The number of hydrogen-bond donors (Lipinski definition) is 2. The summed E-state index contributed by atoms with van der Waals surface area (Å²) in [5, 5.41) is 23.7. The first-order valence-corrected chi connectivity index (χ1v) is 8.96. The fraction of sp³-hybridized carbons (Fsp3) is 0.133. The zero-order valence-electron chi connectivity index (χ0n) is 13.7. The quantitative estimate of drug-likeness (QED) is 0.509. The number of nitrogens with one attached hydrogen (secondary N) is 2. The highest BCUT2D eigenvalue weighted by molar-refractivity contribution is 7.89. The van der Waals surface area contributed by atoms with Crippen LogP contribution < -0.4 is 10.0 Å². The Bertz CT molecular complexity index is 974. The molecule has 27 heavy (non-hydrogen) atoms. The third kappa shape index (κ3) is 5.55. The molecular weight excluding hydrogens is 380 g/mol. The van der Waals surface area contributed by atoms with Gasteiger partial charge in [0, 0.05) is 42.9 Å². The fourth-order valence-corrected chi connectivity index (χ4v) is 3.08. The summed E-state index contributed by atoms with van der Waals surface area (Å²) in [4.78, 5) is 31.7. The molecule has 0 heterocycles. The number of rotatable bonds is 8. The summed E-state index contributed by atoms with van der Waals surface area (Å²) >= 11 is 0. The third-order valence-electron chi connectivity index (χ3n) is 3.34. The minimum Gasteiger partial charge on any atom is -0.326 e. The molecule has 2 rings (SSSR count). The molecule has 0 atom stereocenters. The first-order valence-electron chi connectivity index (χ1n) is 7.47. The number of sulfonamides is 1. The topological polar surface area (TPSA) is 162 Å². The lowest BCUT2D eigenvalue weighted by Gasteiger charge is -2.07. The standard InChI is InChI=1S/C15H14N4O7S/c20-15(17-11-2-1-3-13(10-11)19(23)24)8-9-16-27(25,26)14-6-4-12(5-7-14)18(21)22/h1-7,10,16H,8-9H2,(H,17,20). The van der Waals surface area contributed by atoms with Crippen molar-refractivity contribution < 1.29 is 23.1 Å². The summed E-state index contributed by atoms with van der Waals surface area (Å²) in [6.07, 6.45) is -0.213. The molecule has 11 nitrogen and oxygen atoms in total. The van der Waals surface area contributed by atoms with Gasteiger partial charge in [-0.2, -0.15) is 0 Å². The molecule has 0 aliphatic carbocycles. The van der Waals surface area contributed by atoms with Gasteiger partial charge in [0.05, 0.1) is 14.7 Å². The van der Waals surface area contributed by atoms with Gasteiger partial charge in [-0.1, -0.05) is 6.07 Å². The molecule has 0 aliphatic heterocycles. The van der Waals surface area contributed by atoms with Gasteiger partial charge >= 0.3 is 0 Å². The van der Waals surface area contributed by atoms with Crippen molar-refractivity contribution in [2.24, 2.45) is 0 Å². The Morgan fingerprint density at radius 3 is 2.19 bits per heavy atom. The van der Waals surface area contributed by atoms with Crippen molar-refractivity contribution in [1.82, 2.24) is 4.72 Å². The number of non-ortho nitro benzene ring substituents is 2. The van der Waals surface area contributed by atoms with Gasteiger partial charge in [-0.15, -0.1) is 0 Å². The van der Waals surface area contributed by atoms with Gasteiger partial charge in [0.15, 0.2) is 0 Å². The van der Waals surface area contributed by atoms with Crippen LogP contribution in [0.5, 0.6) is 0 Å². The van der Waals surface area contributed by atoms with E-state index < -0.39 is 25.8 Å². The summed E-state index contributed by atoms with van der Waals surface area (Å²) in [7, 11) is -3.93. The molecule has 0 fully saturated rings. The maximum absolute atomic E-state index is 12.1. The summed E-state index contributed by atoms with van der Waals surface area (Å²) in [5.41, 5.74) is -0.218. The normalized spacial score (nSPS) is 11.0. The molecule has 0 radical (unpaired) electrons. The highest BCUT2D eigenvalue weighted by atomic mass is 32.2. The molecule has 2 aromatic rings. The zero-order chi connectivity index (χ0) is 20.0. The number of carbonyl (C=O) groups is 1. The molecule has 0 aromatic heterocycles. The Kier molecular flexibility index (Phi) is 6.15. The molecule has 0 bridgehead atoms. The van der Waals surface area contributed by atoms with Crippen LogP contribution >= 0.6 is 0 Å². The molecule has 2 aromatic carbocycles. The predicted molar refractivity (Wildman–Crippen MR) is 94.6 cm³/mol. The second-order valence-electron chi connectivity index (χ2n) is 5.25. The van der Waals surface area contributed by atoms with E-state index in [1.807, 2.05) is 0 Å². The Labute approximate surface area is 153 Å². The van der Waals surface area contributed by atoms with Gasteiger partial charge in [0.2, 0.25) is 15.9 Å². The number of nitro groups is 2. The van der Waals surface area contributed by atoms with E-state index in [9.17, 15) is 33.4 Å². The highest BCUT2D eigenvalue weighted by Gasteiger charge is 2.16. The second kappa shape index (κ2) is 8.33. The van der Waals surface area contributed by atoms with Crippen LogP contribution in [0.3, 0.4) is 0 Å². The number of benzene rings is 2. The van der Waals surface area contributed by atoms with Crippen LogP contribution in [-0.2, 0) is 14.8 Å². The summed E-state index contributed by atoms with van der Waals surface area (Å²) in [5.74, 6) is -0.540. The average molecular weight is 394 g/mol. The smallest absolute Gasteiger partial charge is 0.271 e. The SMILES string of the molecule is O=C(CCNS(=O)(=O)c1ccc([N+](=O)[O-])cc1)Nc1cccc([N+](=O)[O-])c1. The number of carbonyl (C=O) groups excluding carboxylic acids is 1. The molecule has 1 amide bonds. The van der Waals surface area contributed by atoms with E-state index in [1.54, 1.807) is 0 Å². The van der Waals surface area contributed by atoms with Gasteiger partial charge in [0.25, 0.3) is 11.4 Å². The van der Waals surface area contributed by atoms with Crippen LogP contribution in [0, 0.1) is 20.2 Å². The minimum absolute atomic E-state index is 0.174. The van der Waals surface area contributed by atoms with Crippen molar-refractivity contribution in [3.8, 4) is 0 Å².